The van der Waals surface area contributed by atoms with E-state index in [0.29, 0.717) is 5.56 Å². The molecule has 3 aromatic carbocycles. The minimum atomic E-state index is -1.53. The number of hydrogen-bond donors (Lipinski definition) is 2. The smallest absolute Gasteiger partial charge is 0.179 e. The Morgan fingerprint density at radius 2 is 1.24 bits per heavy atom. The molecule has 2 N–H and O–H groups in total. The molecule has 0 spiro atoms. The van der Waals surface area contributed by atoms with E-state index in [9.17, 15) is 10.2 Å². The molecule has 0 aliphatic heterocycles. The Kier molecular flexibility index (Phi) is 4.02. The molecule has 1 heterocycles. The Balaban J connectivity index is 1.79. The zero-order valence-electron chi connectivity index (χ0n) is 13.5. The molecular weight excluding hydrogens is 310 g/mol. The van der Waals surface area contributed by atoms with Gasteiger partial charge >= 0.3 is 0 Å². The lowest BCUT2D eigenvalue weighted by molar-refractivity contribution is -0.0413. The summed E-state index contributed by atoms with van der Waals surface area (Å²) in [6, 6.07) is 27.5. The molecule has 3 heteroatoms. The van der Waals surface area contributed by atoms with Crippen molar-refractivity contribution in [2.45, 2.75) is 6.29 Å². The maximum Gasteiger partial charge on any atom is 0.179 e. The number of rotatable bonds is 3. The number of para-hydroxylation sites is 1. The van der Waals surface area contributed by atoms with Crippen molar-refractivity contribution in [1.82, 2.24) is 4.98 Å². The number of benzene rings is 3. The number of aliphatic hydroxyl groups excluding tert-OH is 1. The van der Waals surface area contributed by atoms with Gasteiger partial charge < -0.3 is 10.2 Å². The highest BCUT2D eigenvalue weighted by atomic mass is 16.5. The zero-order valence-corrected chi connectivity index (χ0v) is 13.5. The Morgan fingerprint density at radius 3 is 1.96 bits per heavy atom. The van der Waals surface area contributed by atoms with Crippen LogP contribution in [-0.4, -0.2) is 15.2 Å². The van der Waals surface area contributed by atoms with Crippen LogP contribution in [0.15, 0.2) is 84.9 Å². The van der Waals surface area contributed by atoms with Crippen molar-refractivity contribution in [3.8, 4) is 22.4 Å². The molecule has 0 aliphatic carbocycles. The van der Waals surface area contributed by atoms with E-state index < -0.39 is 6.29 Å². The molecule has 0 fully saturated rings. The van der Waals surface area contributed by atoms with Crippen LogP contribution in [0.3, 0.4) is 0 Å². The topological polar surface area (TPSA) is 53.4 Å². The van der Waals surface area contributed by atoms with Crippen LogP contribution in [-0.2, 0) is 0 Å². The summed E-state index contributed by atoms with van der Waals surface area (Å²) in [7, 11) is 0. The van der Waals surface area contributed by atoms with Crippen molar-refractivity contribution in [3.63, 3.8) is 0 Å². The summed E-state index contributed by atoms with van der Waals surface area (Å²) in [4.78, 5) is 4.67. The summed E-state index contributed by atoms with van der Waals surface area (Å²) >= 11 is 0. The van der Waals surface area contributed by atoms with Gasteiger partial charge in [-0.15, -0.1) is 0 Å². The molecule has 25 heavy (non-hydrogen) atoms. The number of hydrogen-bond acceptors (Lipinski definition) is 3. The summed E-state index contributed by atoms with van der Waals surface area (Å²) < 4.78 is 0. The largest absolute Gasteiger partial charge is 0.364 e. The standard InChI is InChI=1S/C22H17NO2/c24-22(25)19-14-21(23-20-9-5-4-8-18(19)20)17-12-10-16(11-13-17)15-6-2-1-3-7-15/h1-14,22,24-25H. The Bertz CT molecular complexity index is 1010. The summed E-state index contributed by atoms with van der Waals surface area (Å²) in [5.74, 6) is 0. The third-order valence-electron chi connectivity index (χ3n) is 4.31. The van der Waals surface area contributed by atoms with Gasteiger partial charge in [0.1, 0.15) is 0 Å². The van der Waals surface area contributed by atoms with Gasteiger partial charge in [-0.25, -0.2) is 4.98 Å². The average molecular weight is 327 g/mol. The van der Waals surface area contributed by atoms with E-state index >= 15 is 0 Å². The molecular formula is C22H17NO2. The van der Waals surface area contributed by atoms with Gasteiger partial charge in [0.15, 0.2) is 6.29 Å². The summed E-state index contributed by atoms with van der Waals surface area (Å²) in [6.45, 7) is 0. The van der Waals surface area contributed by atoms with Crippen LogP contribution in [0.25, 0.3) is 33.3 Å². The number of fused-ring (bicyclic) bond motifs is 1. The first kappa shape index (κ1) is 15.5. The zero-order chi connectivity index (χ0) is 17.2. The molecule has 3 nitrogen and oxygen atoms in total. The van der Waals surface area contributed by atoms with Crippen molar-refractivity contribution in [2.24, 2.45) is 0 Å². The highest BCUT2D eigenvalue weighted by molar-refractivity contribution is 5.85. The second kappa shape index (κ2) is 6.48. The lowest BCUT2D eigenvalue weighted by Gasteiger charge is -2.11. The predicted octanol–water partition coefficient (Wildman–Crippen LogP) is 4.55. The minimum absolute atomic E-state index is 0.465. The fraction of sp³-hybridized carbons (Fsp3) is 0.0455. The summed E-state index contributed by atoms with van der Waals surface area (Å²) in [5, 5.41) is 20.2. The lowest BCUT2D eigenvalue weighted by Crippen LogP contribution is -1.99. The first-order valence-corrected chi connectivity index (χ1v) is 8.14. The molecule has 4 rings (SSSR count). The second-order valence-electron chi connectivity index (χ2n) is 5.93. The van der Waals surface area contributed by atoms with Gasteiger partial charge in [0, 0.05) is 16.5 Å². The fourth-order valence-corrected chi connectivity index (χ4v) is 3.03. The number of nitrogens with zero attached hydrogens (tertiary/aromatic N) is 1. The third-order valence-corrected chi connectivity index (χ3v) is 4.31. The van der Waals surface area contributed by atoms with E-state index in [2.05, 4.69) is 29.2 Å². The lowest BCUT2D eigenvalue weighted by atomic mass is 10.0. The van der Waals surface area contributed by atoms with Crippen LogP contribution in [0.1, 0.15) is 11.9 Å². The number of aliphatic hydroxyl groups is 2. The number of pyridine rings is 1. The van der Waals surface area contributed by atoms with Crippen LogP contribution in [0.5, 0.6) is 0 Å². The maximum atomic E-state index is 9.71. The fourth-order valence-electron chi connectivity index (χ4n) is 3.03. The average Bonchev–Trinajstić information content (AvgIpc) is 2.68. The second-order valence-corrected chi connectivity index (χ2v) is 5.93. The van der Waals surface area contributed by atoms with E-state index in [0.717, 1.165) is 33.3 Å². The highest BCUT2D eigenvalue weighted by Crippen LogP contribution is 2.29. The van der Waals surface area contributed by atoms with Gasteiger partial charge in [-0.1, -0.05) is 72.8 Å². The van der Waals surface area contributed by atoms with E-state index in [1.165, 1.54) is 0 Å². The minimum Gasteiger partial charge on any atom is -0.364 e. The Hall–Kier alpha value is -3.01. The van der Waals surface area contributed by atoms with Crippen molar-refractivity contribution >= 4 is 10.9 Å². The van der Waals surface area contributed by atoms with Gasteiger partial charge in [-0.05, 0) is 23.3 Å². The molecule has 0 radical (unpaired) electrons. The van der Waals surface area contributed by atoms with Crippen LogP contribution >= 0.6 is 0 Å². The van der Waals surface area contributed by atoms with Crippen LogP contribution in [0.2, 0.25) is 0 Å². The van der Waals surface area contributed by atoms with Gasteiger partial charge in [0.25, 0.3) is 0 Å². The molecule has 122 valence electrons. The van der Waals surface area contributed by atoms with E-state index in [1.807, 2.05) is 54.6 Å². The number of aromatic nitrogens is 1. The van der Waals surface area contributed by atoms with Gasteiger partial charge in [0.05, 0.1) is 11.2 Å². The van der Waals surface area contributed by atoms with E-state index in [-0.39, 0.29) is 0 Å². The first-order valence-electron chi connectivity index (χ1n) is 8.14. The summed E-state index contributed by atoms with van der Waals surface area (Å²) in [6.07, 6.45) is -1.53. The van der Waals surface area contributed by atoms with Crippen molar-refractivity contribution < 1.29 is 10.2 Å². The highest BCUT2D eigenvalue weighted by Gasteiger charge is 2.12. The maximum absolute atomic E-state index is 9.71. The van der Waals surface area contributed by atoms with Crippen LogP contribution in [0.4, 0.5) is 0 Å². The Morgan fingerprint density at radius 1 is 0.640 bits per heavy atom. The van der Waals surface area contributed by atoms with E-state index in [1.54, 1.807) is 6.07 Å². The Labute approximate surface area is 145 Å². The summed E-state index contributed by atoms with van der Waals surface area (Å²) in [5.41, 5.74) is 5.16. The first-order chi connectivity index (χ1) is 12.2. The molecule has 0 saturated carbocycles. The van der Waals surface area contributed by atoms with Gasteiger partial charge in [0.2, 0.25) is 0 Å². The predicted molar refractivity (Wildman–Crippen MR) is 99.8 cm³/mol. The van der Waals surface area contributed by atoms with Crippen LogP contribution < -0.4 is 0 Å². The molecule has 1 aromatic heterocycles. The van der Waals surface area contributed by atoms with Gasteiger partial charge in [-0.3, -0.25) is 0 Å². The molecule has 0 unspecified atom stereocenters. The van der Waals surface area contributed by atoms with Crippen molar-refractivity contribution in [3.05, 3.63) is 90.5 Å². The van der Waals surface area contributed by atoms with Gasteiger partial charge in [-0.2, -0.15) is 0 Å². The molecule has 4 aromatic rings. The van der Waals surface area contributed by atoms with Crippen molar-refractivity contribution in [2.75, 3.05) is 0 Å². The molecule has 0 aliphatic rings. The monoisotopic (exact) mass is 327 g/mol. The molecule has 0 bridgehead atoms. The molecule has 0 amide bonds. The van der Waals surface area contributed by atoms with Crippen molar-refractivity contribution in [1.29, 1.82) is 0 Å². The van der Waals surface area contributed by atoms with Crippen LogP contribution in [0, 0.1) is 0 Å². The molecule has 0 saturated heterocycles. The van der Waals surface area contributed by atoms with E-state index in [4.69, 9.17) is 0 Å². The third kappa shape index (κ3) is 3.03. The SMILES string of the molecule is OC(O)c1cc(-c2ccc(-c3ccccc3)cc2)nc2ccccc12. The quantitative estimate of drug-likeness (QED) is 0.543. The molecule has 0 atom stereocenters. The normalized spacial score (nSPS) is 11.2.